The lowest BCUT2D eigenvalue weighted by atomic mass is 10.0. The van der Waals surface area contributed by atoms with E-state index in [4.69, 9.17) is 4.74 Å². The van der Waals surface area contributed by atoms with Crippen molar-refractivity contribution >= 4 is 21.8 Å². The Labute approximate surface area is 152 Å². The number of amides is 2. The van der Waals surface area contributed by atoms with Crippen molar-refractivity contribution in [2.45, 2.75) is 32.4 Å². The van der Waals surface area contributed by atoms with Gasteiger partial charge in [0.05, 0.1) is 35.8 Å². The normalized spacial score (nSPS) is 24.2. The molecular weight excluding hydrogens is 360 g/mol. The van der Waals surface area contributed by atoms with Crippen LogP contribution in [-0.4, -0.2) is 83.5 Å². The summed E-state index contributed by atoms with van der Waals surface area (Å²) in [7, 11) is -3.35. The molecule has 2 fully saturated rings. The lowest BCUT2D eigenvalue weighted by molar-refractivity contribution is 0.0253. The minimum atomic E-state index is -3.35. The molecule has 26 heavy (non-hydrogen) atoms. The second-order valence-electron chi connectivity index (χ2n) is 6.54. The van der Waals surface area contributed by atoms with Gasteiger partial charge in [-0.15, -0.1) is 0 Å². The fourth-order valence-electron chi connectivity index (χ4n) is 3.37. The van der Waals surface area contributed by atoms with Crippen LogP contribution in [-0.2, 0) is 14.6 Å². The third-order valence-electron chi connectivity index (χ3n) is 4.63. The molecule has 2 aliphatic heterocycles. The molecular formula is C16H22N4O5S. The molecule has 2 saturated heterocycles. The minimum Gasteiger partial charge on any atom is -0.449 e. The number of fused-ring (bicyclic) bond motifs is 1. The van der Waals surface area contributed by atoms with E-state index in [9.17, 15) is 18.0 Å². The van der Waals surface area contributed by atoms with E-state index in [-0.39, 0.29) is 37.1 Å². The van der Waals surface area contributed by atoms with E-state index in [0.717, 1.165) is 0 Å². The van der Waals surface area contributed by atoms with Crippen LogP contribution in [0.25, 0.3) is 0 Å². The van der Waals surface area contributed by atoms with E-state index in [1.165, 1.54) is 22.2 Å². The SMILES string of the molecule is CCCOC(=O)N1CCN(C(=O)c2cnc(C)nc2)[C@H]2CS(=O)(=O)C[C@H]21. The van der Waals surface area contributed by atoms with Gasteiger partial charge in [-0.25, -0.2) is 23.2 Å². The van der Waals surface area contributed by atoms with Crippen LogP contribution in [0, 0.1) is 6.92 Å². The first-order valence-electron chi connectivity index (χ1n) is 8.56. The summed E-state index contributed by atoms with van der Waals surface area (Å²) >= 11 is 0. The highest BCUT2D eigenvalue weighted by Gasteiger charge is 2.50. The monoisotopic (exact) mass is 382 g/mol. The zero-order valence-electron chi connectivity index (χ0n) is 14.8. The van der Waals surface area contributed by atoms with Crippen LogP contribution in [0.3, 0.4) is 0 Å². The Kier molecular flexibility index (Phi) is 5.12. The number of carbonyl (C=O) groups excluding carboxylic acids is 2. The van der Waals surface area contributed by atoms with E-state index in [2.05, 4.69) is 9.97 Å². The molecule has 3 heterocycles. The molecule has 1 aromatic heterocycles. The fourth-order valence-corrected chi connectivity index (χ4v) is 5.35. The van der Waals surface area contributed by atoms with Crippen LogP contribution in [0.2, 0.25) is 0 Å². The van der Waals surface area contributed by atoms with Crippen molar-refractivity contribution in [3.63, 3.8) is 0 Å². The topological polar surface area (TPSA) is 110 Å². The van der Waals surface area contributed by atoms with Gasteiger partial charge in [0.15, 0.2) is 9.84 Å². The summed E-state index contributed by atoms with van der Waals surface area (Å²) in [5, 5.41) is 0. The van der Waals surface area contributed by atoms with Gasteiger partial charge in [0.25, 0.3) is 5.91 Å². The van der Waals surface area contributed by atoms with Crippen LogP contribution < -0.4 is 0 Å². The zero-order chi connectivity index (χ0) is 18.9. The fraction of sp³-hybridized carbons (Fsp3) is 0.625. The van der Waals surface area contributed by atoms with Gasteiger partial charge in [-0.2, -0.15) is 0 Å². The highest BCUT2D eigenvalue weighted by molar-refractivity contribution is 7.91. The van der Waals surface area contributed by atoms with Crippen molar-refractivity contribution in [3.05, 3.63) is 23.8 Å². The Hall–Kier alpha value is -2.23. The van der Waals surface area contributed by atoms with Crippen LogP contribution in [0.5, 0.6) is 0 Å². The Morgan fingerprint density at radius 1 is 1.15 bits per heavy atom. The predicted molar refractivity (Wildman–Crippen MR) is 92.4 cm³/mol. The number of hydrogen-bond acceptors (Lipinski definition) is 7. The number of carbonyl (C=O) groups is 2. The molecule has 0 saturated carbocycles. The first-order valence-corrected chi connectivity index (χ1v) is 10.4. The number of hydrogen-bond donors (Lipinski definition) is 0. The molecule has 1 aromatic rings. The maximum Gasteiger partial charge on any atom is 0.410 e. The van der Waals surface area contributed by atoms with Crippen molar-refractivity contribution in [2.24, 2.45) is 0 Å². The van der Waals surface area contributed by atoms with Gasteiger partial charge in [0, 0.05) is 25.5 Å². The van der Waals surface area contributed by atoms with Gasteiger partial charge in [-0.3, -0.25) is 4.79 Å². The smallest absolute Gasteiger partial charge is 0.410 e. The van der Waals surface area contributed by atoms with Gasteiger partial charge in [0.1, 0.15) is 5.82 Å². The third-order valence-corrected chi connectivity index (χ3v) is 6.33. The van der Waals surface area contributed by atoms with Crippen LogP contribution >= 0.6 is 0 Å². The number of nitrogens with zero attached hydrogens (tertiary/aromatic N) is 4. The van der Waals surface area contributed by atoms with Crippen molar-refractivity contribution in [2.75, 3.05) is 31.2 Å². The lowest BCUT2D eigenvalue weighted by Gasteiger charge is -2.43. The molecule has 0 bridgehead atoms. The average molecular weight is 382 g/mol. The Morgan fingerprint density at radius 2 is 1.73 bits per heavy atom. The molecule has 10 heteroatoms. The predicted octanol–water partition coefficient (Wildman–Crippen LogP) is 0.255. The Bertz CT molecular complexity index is 795. The van der Waals surface area contributed by atoms with Gasteiger partial charge >= 0.3 is 6.09 Å². The third kappa shape index (κ3) is 3.64. The maximum absolute atomic E-state index is 12.8. The zero-order valence-corrected chi connectivity index (χ0v) is 15.6. The van der Waals surface area contributed by atoms with Crippen molar-refractivity contribution in [1.82, 2.24) is 19.8 Å². The summed E-state index contributed by atoms with van der Waals surface area (Å²) in [5.41, 5.74) is 0.306. The largest absolute Gasteiger partial charge is 0.449 e. The van der Waals surface area contributed by atoms with Gasteiger partial charge in [0.2, 0.25) is 0 Å². The summed E-state index contributed by atoms with van der Waals surface area (Å²) in [4.78, 5) is 36.1. The summed E-state index contributed by atoms with van der Waals surface area (Å²) in [6.07, 6.45) is 3.03. The van der Waals surface area contributed by atoms with E-state index < -0.39 is 28.0 Å². The summed E-state index contributed by atoms with van der Waals surface area (Å²) < 4.78 is 29.5. The molecule has 0 aromatic carbocycles. The van der Waals surface area contributed by atoms with E-state index in [1.807, 2.05) is 6.92 Å². The summed E-state index contributed by atoms with van der Waals surface area (Å²) in [6.45, 7) is 4.36. The van der Waals surface area contributed by atoms with Crippen LogP contribution in [0.4, 0.5) is 4.79 Å². The van der Waals surface area contributed by atoms with Crippen LogP contribution in [0.1, 0.15) is 29.5 Å². The molecule has 0 spiro atoms. The summed E-state index contributed by atoms with van der Waals surface area (Å²) in [5.74, 6) is -0.0918. The van der Waals surface area contributed by atoms with E-state index in [0.29, 0.717) is 17.8 Å². The van der Waals surface area contributed by atoms with Gasteiger partial charge in [-0.1, -0.05) is 6.92 Å². The van der Waals surface area contributed by atoms with Gasteiger partial charge < -0.3 is 14.5 Å². The molecule has 9 nitrogen and oxygen atoms in total. The maximum atomic E-state index is 12.8. The van der Waals surface area contributed by atoms with Crippen molar-refractivity contribution in [1.29, 1.82) is 0 Å². The molecule has 142 valence electrons. The minimum absolute atomic E-state index is 0.159. The molecule has 0 radical (unpaired) electrons. The second-order valence-corrected chi connectivity index (χ2v) is 8.69. The van der Waals surface area contributed by atoms with E-state index >= 15 is 0 Å². The number of aryl methyl sites for hydroxylation is 1. The number of aromatic nitrogens is 2. The number of piperazine rings is 1. The molecule has 2 amide bonds. The van der Waals surface area contributed by atoms with E-state index in [1.54, 1.807) is 6.92 Å². The summed E-state index contributed by atoms with van der Waals surface area (Å²) in [6, 6.07) is -1.18. The van der Waals surface area contributed by atoms with Crippen molar-refractivity contribution in [3.8, 4) is 0 Å². The Morgan fingerprint density at radius 3 is 2.35 bits per heavy atom. The first-order chi connectivity index (χ1) is 12.3. The average Bonchev–Trinajstić information content (AvgIpc) is 2.93. The second kappa shape index (κ2) is 7.18. The van der Waals surface area contributed by atoms with Crippen molar-refractivity contribution < 1.29 is 22.7 Å². The highest BCUT2D eigenvalue weighted by Crippen LogP contribution is 2.28. The van der Waals surface area contributed by atoms with Crippen LogP contribution in [0.15, 0.2) is 12.4 Å². The molecule has 2 atom stereocenters. The molecule has 0 N–H and O–H groups in total. The standard InChI is InChI=1S/C16H22N4O5S/c1-3-6-25-16(22)20-5-4-19(13-9-26(23,24)10-14(13)20)15(21)12-7-17-11(2)18-8-12/h7-8,13-14H,3-6,9-10H2,1-2H3/t13-,14+/m0/s1. The molecule has 0 unspecified atom stereocenters. The molecule has 0 aliphatic carbocycles. The lowest BCUT2D eigenvalue weighted by Crippen LogP contribution is -2.62. The number of sulfone groups is 1. The number of ether oxygens (including phenoxy) is 1. The number of rotatable bonds is 3. The molecule has 3 rings (SSSR count). The first kappa shape index (κ1) is 18.6. The molecule has 2 aliphatic rings. The van der Waals surface area contributed by atoms with Gasteiger partial charge in [-0.05, 0) is 13.3 Å². The highest BCUT2D eigenvalue weighted by atomic mass is 32.2. The Balaban J connectivity index is 1.83. The quantitative estimate of drug-likeness (QED) is 0.737.